The quantitative estimate of drug-likeness (QED) is 0.715. The average Bonchev–Trinajstić information content (AvgIpc) is 2.60. The van der Waals surface area contributed by atoms with Gasteiger partial charge in [0.25, 0.3) is 5.91 Å². The second kappa shape index (κ2) is 8.93. The summed E-state index contributed by atoms with van der Waals surface area (Å²) in [6, 6.07) is 9.55. The predicted octanol–water partition coefficient (Wildman–Crippen LogP) is 3.83. The van der Waals surface area contributed by atoms with Gasteiger partial charge in [-0.1, -0.05) is 12.1 Å². The molecule has 2 aromatic carbocycles. The number of amides is 1. The predicted molar refractivity (Wildman–Crippen MR) is 83.9 cm³/mol. The molecule has 0 radical (unpaired) electrons. The first-order valence-corrected chi connectivity index (χ1v) is 7.34. The molecule has 0 saturated carbocycles. The van der Waals surface area contributed by atoms with Crippen LogP contribution in [-0.2, 0) is 6.54 Å². The van der Waals surface area contributed by atoms with Gasteiger partial charge in [0.05, 0.1) is 7.11 Å². The number of carbonyl (C=O) groups is 1. The lowest BCUT2D eigenvalue weighted by molar-refractivity contribution is -0.0514. The topological polar surface area (TPSA) is 56.8 Å². The van der Waals surface area contributed by atoms with Gasteiger partial charge in [-0.15, -0.1) is 0 Å². The Morgan fingerprint density at radius 3 is 2.19 bits per heavy atom. The summed E-state index contributed by atoms with van der Waals surface area (Å²) in [6.45, 7) is -5.79. The minimum absolute atomic E-state index is 0.00792. The standard InChI is InChI=1S/C17H15F4NO4/c1-24-14-8-11(4-7-13(14)26-17(20)21)15(23)22-9-10-2-5-12(6-3-10)25-16(18)19/h2-8,16-17H,9H2,1H3,(H,22,23). The zero-order valence-corrected chi connectivity index (χ0v) is 13.5. The van der Waals surface area contributed by atoms with Gasteiger partial charge in [0, 0.05) is 12.1 Å². The van der Waals surface area contributed by atoms with E-state index in [0.717, 1.165) is 0 Å². The van der Waals surface area contributed by atoms with E-state index in [1.54, 1.807) is 0 Å². The van der Waals surface area contributed by atoms with Crippen molar-refractivity contribution in [1.82, 2.24) is 5.32 Å². The highest BCUT2D eigenvalue weighted by molar-refractivity contribution is 5.94. The summed E-state index contributed by atoms with van der Waals surface area (Å²) in [5.41, 5.74) is 0.839. The third-order valence-corrected chi connectivity index (χ3v) is 3.24. The van der Waals surface area contributed by atoms with Crippen molar-refractivity contribution >= 4 is 5.91 Å². The Kier molecular flexibility index (Phi) is 6.65. The van der Waals surface area contributed by atoms with Crippen LogP contribution in [0.25, 0.3) is 0 Å². The number of ether oxygens (including phenoxy) is 3. The number of nitrogens with one attached hydrogen (secondary N) is 1. The molecule has 0 saturated heterocycles. The first kappa shape index (κ1) is 19.4. The Bertz CT molecular complexity index is 738. The van der Waals surface area contributed by atoms with E-state index in [1.165, 1.54) is 49.6 Å². The molecule has 0 fully saturated rings. The molecule has 0 heterocycles. The Morgan fingerprint density at radius 1 is 0.962 bits per heavy atom. The molecular formula is C17H15F4NO4. The van der Waals surface area contributed by atoms with Gasteiger partial charge in [0.1, 0.15) is 5.75 Å². The van der Waals surface area contributed by atoms with E-state index in [9.17, 15) is 22.4 Å². The van der Waals surface area contributed by atoms with Gasteiger partial charge in [-0.2, -0.15) is 17.6 Å². The lowest BCUT2D eigenvalue weighted by atomic mass is 10.1. The molecule has 0 bridgehead atoms. The van der Waals surface area contributed by atoms with Gasteiger partial charge in [0.2, 0.25) is 0 Å². The highest BCUT2D eigenvalue weighted by Gasteiger charge is 2.14. The molecule has 0 atom stereocenters. The van der Waals surface area contributed by atoms with E-state index in [1.807, 2.05) is 0 Å². The van der Waals surface area contributed by atoms with Crippen molar-refractivity contribution in [2.75, 3.05) is 7.11 Å². The fourth-order valence-corrected chi connectivity index (χ4v) is 2.08. The van der Waals surface area contributed by atoms with Crippen molar-refractivity contribution in [3.05, 3.63) is 53.6 Å². The van der Waals surface area contributed by atoms with Crippen LogP contribution in [-0.4, -0.2) is 26.2 Å². The summed E-state index contributed by atoms with van der Waals surface area (Å²) in [5.74, 6) is -0.658. The fraction of sp³-hybridized carbons (Fsp3) is 0.235. The first-order valence-electron chi connectivity index (χ1n) is 7.34. The molecular weight excluding hydrogens is 358 g/mol. The van der Waals surface area contributed by atoms with Crippen LogP contribution in [0.5, 0.6) is 17.2 Å². The third-order valence-electron chi connectivity index (χ3n) is 3.24. The molecule has 2 rings (SSSR count). The number of alkyl halides is 4. The monoisotopic (exact) mass is 373 g/mol. The van der Waals surface area contributed by atoms with Crippen LogP contribution in [0.15, 0.2) is 42.5 Å². The molecule has 0 aliphatic heterocycles. The summed E-state index contributed by atoms with van der Waals surface area (Å²) in [4.78, 5) is 12.2. The normalized spacial score (nSPS) is 10.7. The van der Waals surface area contributed by atoms with Gasteiger partial charge in [0.15, 0.2) is 11.5 Å². The fourth-order valence-electron chi connectivity index (χ4n) is 2.08. The van der Waals surface area contributed by atoms with Crippen LogP contribution in [0.4, 0.5) is 17.6 Å². The van der Waals surface area contributed by atoms with Gasteiger partial charge < -0.3 is 19.5 Å². The zero-order chi connectivity index (χ0) is 19.1. The number of hydrogen-bond acceptors (Lipinski definition) is 4. The minimum Gasteiger partial charge on any atom is -0.493 e. The molecule has 0 unspecified atom stereocenters. The summed E-state index contributed by atoms with van der Waals surface area (Å²) < 4.78 is 62.2. The van der Waals surface area contributed by atoms with Gasteiger partial charge in [-0.25, -0.2) is 0 Å². The van der Waals surface area contributed by atoms with Crippen molar-refractivity contribution in [3.8, 4) is 17.2 Å². The van der Waals surface area contributed by atoms with Crippen molar-refractivity contribution < 1.29 is 36.6 Å². The summed E-state index contributed by atoms with van der Waals surface area (Å²) in [7, 11) is 1.26. The SMILES string of the molecule is COc1cc(C(=O)NCc2ccc(OC(F)F)cc2)ccc1OC(F)F. The maximum atomic E-state index is 12.3. The molecule has 140 valence electrons. The lowest BCUT2D eigenvalue weighted by Gasteiger charge is -2.12. The number of rotatable bonds is 8. The van der Waals surface area contributed by atoms with Crippen molar-refractivity contribution in [2.24, 2.45) is 0 Å². The number of carbonyl (C=O) groups excluding carboxylic acids is 1. The van der Waals surface area contributed by atoms with Crippen molar-refractivity contribution in [1.29, 1.82) is 0 Å². The molecule has 1 N–H and O–H groups in total. The van der Waals surface area contributed by atoms with E-state index in [0.29, 0.717) is 5.56 Å². The van der Waals surface area contributed by atoms with Crippen LogP contribution >= 0.6 is 0 Å². The molecule has 0 aromatic heterocycles. The second-order valence-electron chi connectivity index (χ2n) is 4.95. The molecule has 9 heteroatoms. The molecule has 0 aliphatic carbocycles. The van der Waals surface area contributed by atoms with Crippen LogP contribution in [0, 0.1) is 0 Å². The molecule has 26 heavy (non-hydrogen) atoms. The van der Waals surface area contributed by atoms with Crippen LogP contribution in [0.3, 0.4) is 0 Å². The first-order chi connectivity index (χ1) is 12.4. The number of halogens is 4. The summed E-state index contributed by atoms with van der Waals surface area (Å²) in [5, 5.41) is 2.61. The minimum atomic E-state index is -3.01. The lowest BCUT2D eigenvalue weighted by Crippen LogP contribution is -2.22. The Labute approximate surface area is 146 Å². The van der Waals surface area contributed by atoms with Gasteiger partial charge in [-0.3, -0.25) is 4.79 Å². The van der Waals surface area contributed by atoms with E-state index >= 15 is 0 Å². The van der Waals surface area contributed by atoms with Crippen LogP contribution in [0.1, 0.15) is 15.9 Å². The molecule has 5 nitrogen and oxygen atoms in total. The number of hydrogen-bond donors (Lipinski definition) is 1. The average molecular weight is 373 g/mol. The molecule has 0 aliphatic rings. The third kappa shape index (κ3) is 5.54. The van der Waals surface area contributed by atoms with Crippen LogP contribution < -0.4 is 19.5 Å². The summed E-state index contributed by atoms with van der Waals surface area (Å²) >= 11 is 0. The highest BCUT2D eigenvalue weighted by atomic mass is 19.3. The van der Waals surface area contributed by atoms with Gasteiger partial charge >= 0.3 is 13.2 Å². The van der Waals surface area contributed by atoms with E-state index in [4.69, 9.17) is 4.74 Å². The second-order valence-corrected chi connectivity index (χ2v) is 4.95. The van der Waals surface area contributed by atoms with E-state index < -0.39 is 19.1 Å². The van der Waals surface area contributed by atoms with E-state index in [2.05, 4.69) is 14.8 Å². The Morgan fingerprint density at radius 2 is 1.62 bits per heavy atom. The van der Waals surface area contributed by atoms with E-state index in [-0.39, 0.29) is 29.4 Å². The molecule has 0 spiro atoms. The smallest absolute Gasteiger partial charge is 0.387 e. The summed E-state index contributed by atoms with van der Waals surface area (Å²) in [6.07, 6.45) is 0. The Hall–Kier alpha value is -2.97. The number of methoxy groups -OCH3 is 1. The Balaban J connectivity index is 1.99. The largest absolute Gasteiger partial charge is 0.493 e. The highest BCUT2D eigenvalue weighted by Crippen LogP contribution is 2.29. The molecule has 1 amide bonds. The van der Waals surface area contributed by atoms with Crippen molar-refractivity contribution in [3.63, 3.8) is 0 Å². The van der Waals surface area contributed by atoms with Gasteiger partial charge in [-0.05, 0) is 35.9 Å². The maximum Gasteiger partial charge on any atom is 0.387 e. The number of benzene rings is 2. The van der Waals surface area contributed by atoms with Crippen molar-refractivity contribution in [2.45, 2.75) is 19.8 Å². The maximum absolute atomic E-state index is 12.3. The van der Waals surface area contributed by atoms with Crippen LogP contribution in [0.2, 0.25) is 0 Å². The zero-order valence-electron chi connectivity index (χ0n) is 13.5. The molecule has 2 aromatic rings.